The van der Waals surface area contributed by atoms with Gasteiger partial charge < -0.3 is 20.5 Å². The van der Waals surface area contributed by atoms with E-state index in [1.54, 1.807) is 13.8 Å². The van der Waals surface area contributed by atoms with E-state index in [2.05, 4.69) is 20.7 Å². The standard InChI is InChI=1S/C15H29N5O2.C4H8O2/c1-2-22-15(21)13-8-12-7-10(3-5-11(12)9-18-13)4-6-14(16)19-20-17;1-4(2)6-3-5/h10-13,18,20H,2-9,17H2,1H3,(H2,16,19);3-4H,1-2H3. The molecule has 4 unspecified atom stereocenters. The third-order valence-electron chi connectivity index (χ3n) is 5.33. The van der Waals surface area contributed by atoms with Crippen LogP contribution in [0.25, 0.3) is 0 Å². The van der Waals surface area contributed by atoms with E-state index < -0.39 is 0 Å². The molecule has 6 N–H and O–H groups in total. The van der Waals surface area contributed by atoms with Crippen LogP contribution >= 0.6 is 0 Å². The molecule has 9 heteroatoms. The number of rotatable bonds is 8. The maximum Gasteiger partial charge on any atom is 0.323 e. The number of nitrogens with two attached hydrogens (primary N) is 2. The first-order valence-corrected chi connectivity index (χ1v) is 10.2. The molecular weight excluding hydrogens is 362 g/mol. The Morgan fingerprint density at radius 3 is 2.64 bits per heavy atom. The maximum atomic E-state index is 11.9. The fourth-order valence-corrected chi connectivity index (χ4v) is 3.95. The highest BCUT2D eigenvalue weighted by atomic mass is 16.5. The zero-order valence-corrected chi connectivity index (χ0v) is 17.4. The van der Waals surface area contributed by atoms with Gasteiger partial charge in [0.05, 0.1) is 12.7 Å². The zero-order valence-electron chi connectivity index (χ0n) is 17.4. The van der Waals surface area contributed by atoms with Crippen LogP contribution in [0.15, 0.2) is 5.10 Å². The van der Waals surface area contributed by atoms with Gasteiger partial charge in [-0.05, 0) is 70.8 Å². The Hall–Kier alpha value is -1.87. The molecule has 0 spiro atoms. The summed E-state index contributed by atoms with van der Waals surface area (Å²) in [6.45, 7) is 7.28. The Kier molecular flexibility index (Phi) is 11.5. The number of ether oxygens (including phenoxy) is 2. The van der Waals surface area contributed by atoms with Crippen LogP contribution in [-0.4, -0.2) is 43.6 Å². The summed E-state index contributed by atoms with van der Waals surface area (Å²) in [6, 6.07) is -0.131. The minimum atomic E-state index is -0.131. The van der Waals surface area contributed by atoms with Crippen LogP contribution in [0.4, 0.5) is 0 Å². The number of fused-ring (bicyclic) bond motifs is 1. The van der Waals surface area contributed by atoms with Gasteiger partial charge in [0, 0.05) is 6.42 Å². The van der Waals surface area contributed by atoms with Crippen LogP contribution in [0.3, 0.4) is 0 Å². The van der Waals surface area contributed by atoms with E-state index in [0.29, 0.717) is 36.7 Å². The number of hydrazine groups is 1. The number of carbonyl (C=O) groups excluding carboxylic acids is 2. The molecule has 28 heavy (non-hydrogen) atoms. The number of hydrogen-bond acceptors (Lipinski definition) is 8. The number of amidine groups is 1. The highest BCUT2D eigenvalue weighted by Crippen LogP contribution is 2.40. The summed E-state index contributed by atoms with van der Waals surface area (Å²) in [5.41, 5.74) is 8.00. The molecule has 0 aromatic carbocycles. The monoisotopic (exact) mass is 399 g/mol. The zero-order chi connectivity index (χ0) is 20.9. The lowest BCUT2D eigenvalue weighted by molar-refractivity contribution is -0.147. The summed E-state index contributed by atoms with van der Waals surface area (Å²) < 4.78 is 9.50. The largest absolute Gasteiger partial charge is 0.465 e. The molecule has 0 aromatic rings. The van der Waals surface area contributed by atoms with E-state index in [1.807, 2.05) is 6.92 Å². The lowest BCUT2D eigenvalue weighted by Crippen LogP contribution is -2.50. The minimum Gasteiger partial charge on any atom is -0.465 e. The van der Waals surface area contributed by atoms with Crippen molar-refractivity contribution in [2.24, 2.45) is 34.4 Å². The Balaban J connectivity index is 0.000000568. The van der Waals surface area contributed by atoms with Gasteiger partial charge in [-0.25, -0.2) is 11.4 Å². The average molecular weight is 400 g/mol. The van der Waals surface area contributed by atoms with Gasteiger partial charge in [0.1, 0.15) is 11.9 Å². The molecule has 1 aliphatic heterocycles. The van der Waals surface area contributed by atoms with Crippen molar-refractivity contribution in [2.75, 3.05) is 13.2 Å². The molecule has 0 amide bonds. The van der Waals surface area contributed by atoms with Gasteiger partial charge in [-0.15, -0.1) is 0 Å². The van der Waals surface area contributed by atoms with Gasteiger partial charge in [-0.2, -0.15) is 5.10 Å². The molecule has 0 radical (unpaired) electrons. The Morgan fingerprint density at radius 2 is 2.07 bits per heavy atom. The molecule has 2 fully saturated rings. The molecule has 162 valence electrons. The fourth-order valence-electron chi connectivity index (χ4n) is 3.95. The number of hydrogen-bond donors (Lipinski definition) is 4. The van der Waals surface area contributed by atoms with Gasteiger partial charge in [0.2, 0.25) is 0 Å². The molecule has 0 bridgehead atoms. The topological polar surface area (TPSA) is 141 Å². The van der Waals surface area contributed by atoms with Crippen LogP contribution in [0.2, 0.25) is 0 Å². The third kappa shape index (κ3) is 8.88. The lowest BCUT2D eigenvalue weighted by atomic mass is 9.69. The van der Waals surface area contributed by atoms with Gasteiger partial charge in [0.25, 0.3) is 6.47 Å². The summed E-state index contributed by atoms with van der Waals surface area (Å²) in [6.07, 6.45) is 6.37. The second kappa shape index (κ2) is 13.3. The van der Waals surface area contributed by atoms with Crippen LogP contribution in [0.1, 0.15) is 59.3 Å². The first-order valence-electron chi connectivity index (χ1n) is 10.2. The van der Waals surface area contributed by atoms with E-state index in [9.17, 15) is 9.59 Å². The minimum absolute atomic E-state index is 0.0301. The Bertz CT molecular complexity index is 501. The first-order chi connectivity index (χ1) is 13.4. The lowest BCUT2D eigenvalue weighted by Gasteiger charge is -2.42. The van der Waals surface area contributed by atoms with E-state index in [4.69, 9.17) is 16.3 Å². The predicted molar refractivity (Wildman–Crippen MR) is 108 cm³/mol. The summed E-state index contributed by atoms with van der Waals surface area (Å²) in [4.78, 5) is 21.3. The molecule has 4 atom stereocenters. The van der Waals surface area contributed by atoms with Crippen LogP contribution in [0, 0.1) is 17.8 Å². The summed E-state index contributed by atoms with van der Waals surface area (Å²) in [5, 5.41) is 7.15. The smallest absolute Gasteiger partial charge is 0.323 e. The highest BCUT2D eigenvalue weighted by molar-refractivity contribution is 5.79. The third-order valence-corrected chi connectivity index (χ3v) is 5.33. The Morgan fingerprint density at radius 1 is 1.32 bits per heavy atom. The molecular formula is C19H37N5O4. The molecule has 1 aliphatic carbocycles. The van der Waals surface area contributed by atoms with Crippen molar-refractivity contribution in [3.8, 4) is 0 Å². The van der Waals surface area contributed by atoms with Gasteiger partial charge in [0.15, 0.2) is 0 Å². The molecule has 2 rings (SSSR count). The maximum absolute atomic E-state index is 11.9. The summed E-state index contributed by atoms with van der Waals surface area (Å²) >= 11 is 0. The van der Waals surface area contributed by atoms with E-state index in [1.165, 1.54) is 19.3 Å². The quantitative estimate of drug-likeness (QED) is 0.118. The van der Waals surface area contributed by atoms with Gasteiger partial charge in [-0.1, -0.05) is 6.42 Å². The summed E-state index contributed by atoms with van der Waals surface area (Å²) in [7, 11) is 0. The normalized spacial score (nSPS) is 27.1. The number of carbonyl (C=O) groups is 2. The summed E-state index contributed by atoms with van der Waals surface area (Å²) in [5.74, 6) is 7.54. The molecule has 2 aliphatic rings. The van der Waals surface area contributed by atoms with Crippen LogP contribution in [-0.2, 0) is 19.1 Å². The van der Waals surface area contributed by atoms with Crippen molar-refractivity contribution in [3.63, 3.8) is 0 Å². The first kappa shape index (κ1) is 24.2. The number of hydrazone groups is 1. The van der Waals surface area contributed by atoms with Crippen molar-refractivity contribution in [3.05, 3.63) is 0 Å². The number of nitrogens with zero attached hydrogens (tertiary/aromatic N) is 1. The SMILES string of the molecule is CC(C)OC=O.CCOC(=O)C1CC2CC(CC/C(N)=N/NN)CCC2CN1. The van der Waals surface area contributed by atoms with Gasteiger partial charge in [-0.3, -0.25) is 9.59 Å². The molecule has 9 nitrogen and oxygen atoms in total. The molecule has 0 aromatic heterocycles. The Labute approximate surface area is 167 Å². The molecule has 1 heterocycles. The van der Waals surface area contributed by atoms with Crippen molar-refractivity contribution in [2.45, 2.75) is 71.4 Å². The molecule has 1 saturated carbocycles. The van der Waals surface area contributed by atoms with Crippen molar-refractivity contribution in [1.29, 1.82) is 0 Å². The predicted octanol–water partition coefficient (Wildman–Crippen LogP) is 1.03. The number of piperidine rings is 1. The van der Waals surface area contributed by atoms with Crippen molar-refractivity contribution < 1.29 is 19.1 Å². The van der Waals surface area contributed by atoms with Crippen molar-refractivity contribution >= 4 is 18.3 Å². The number of esters is 1. The number of nitrogens with one attached hydrogen (secondary N) is 2. The fraction of sp³-hybridized carbons (Fsp3) is 0.842. The van der Waals surface area contributed by atoms with E-state index in [-0.39, 0.29) is 18.1 Å². The molecule has 1 saturated heterocycles. The van der Waals surface area contributed by atoms with Crippen LogP contribution in [0.5, 0.6) is 0 Å². The van der Waals surface area contributed by atoms with E-state index in [0.717, 1.165) is 25.8 Å². The highest BCUT2D eigenvalue weighted by Gasteiger charge is 2.37. The average Bonchev–Trinajstić information content (AvgIpc) is 2.66. The van der Waals surface area contributed by atoms with Gasteiger partial charge >= 0.3 is 5.97 Å². The van der Waals surface area contributed by atoms with Crippen LogP contribution < -0.4 is 22.4 Å². The van der Waals surface area contributed by atoms with E-state index >= 15 is 0 Å². The second-order valence-corrected chi connectivity index (χ2v) is 7.70. The van der Waals surface area contributed by atoms with Crippen molar-refractivity contribution in [1.82, 2.24) is 10.9 Å². The second-order valence-electron chi connectivity index (χ2n) is 7.70.